The van der Waals surface area contributed by atoms with Crippen molar-refractivity contribution in [1.29, 1.82) is 0 Å². The molecule has 2 amide bonds. The van der Waals surface area contributed by atoms with Crippen LogP contribution in [0.15, 0.2) is 46.9 Å². The number of nitrogens with zero attached hydrogens (tertiary/aromatic N) is 2. The number of benzene rings is 2. The average Bonchev–Trinajstić information content (AvgIpc) is 2.90. The van der Waals surface area contributed by atoms with Gasteiger partial charge in [-0.2, -0.15) is 0 Å². The van der Waals surface area contributed by atoms with E-state index in [1.165, 1.54) is 11.8 Å². The van der Waals surface area contributed by atoms with E-state index in [0.29, 0.717) is 36.9 Å². The van der Waals surface area contributed by atoms with Crippen LogP contribution in [-0.2, 0) is 26.2 Å². The topological polar surface area (TPSA) is 105 Å². The van der Waals surface area contributed by atoms with Crippen molar-refractivity contribution in [3.05, 3.63) is 52.5 Å². The Bertz CT molecular complexity index is 1190. The number of ether oxygens (including phenoxy) is 2. The zero-order valence-corrected chi connectivity index (χ0v) is 23.8. The molecule has 0 aromatic heterocycles. The Labute approximate surface area is 227 Å². The zero-order valence-electron chi connectivity index (χ0n) is 21.4. The summed E-state index contributed by atoms with van der Waals surface area (Å²) in [6.07, 6.45) is 1.75. The molecule has 1 N–H and O–H groups in total. The van der Waals surface area contributed by atoms with Crippen LogP contribution < -0.4 is 19.1 Å². The SMILES string of the molecule is CCCCNC(=O)C(C)N(Cc1ccc(Br)cc1)C(=O)CN(c1ccc2c(c1)OCCO2)S(=O)(=O)CC. The quantitative estimate of drug-likeness (QED) is 0.375. The van der Waals surface area contributed by atoms with Gasteiger partial charge >= 0.3 is 0 Å². The normalized spacial score (nSPS) is 13.5. The highest BCUT2D eigenvalue weighted by molar-refractivity contribution is 9.10. The molecule has 2 aromatic rings. The van der Waals surface area contributed by atoms with Crippen molar-refractivity contribution in [2.75, 3.05) is 36.4 Å². The largest absolute Gasteiger partial charge is 0.486 e. The lowest BCUT2D eigenvalue weighted by atomic mass is 10.1. The molecule has 1 unspecified atom stereocenters. The number of anilines is 1. The third kappa shape index (κ3) is 7.61. The van der Waals surface area contributed by atoms with Crippen molar-refractivity contribution in [2.45, 2.75) is 46.2 Å². The number of rotatable bonds is 12. The fraction of sp³-hybridized carbons (Fsp3) is 0.462. The molecule has 1 aliphatic rings. The second-order valence-corrected chi connectivity index (χ2v) is 11.8. The van der Waals surface area contributed by atoms with E-state index in [-0.39, 0.29) is 18.2 Å². The van der Waals surface area contributed by atoms with Gasteiger partial charge in [-0.1, -0.05) is 41.4 Å². The van der Waals surface area contributed by atoms with Gasteiger partial charge in [-0.15, -0.1) is 0 Å². The van der Waals surface area contributed by atoms with Crippen LogP contribution in [0.2, 0.25) is 0 Å². The van der Waals surface area contributed by atoms with Crippen LogP contribution in [0.25, 0.3) is 0 Å². The molecule has 1 heterocycles. The molecule has 11 heteroatoms. The third-order valence-corrected chi connectivity index (χ3v) is 8.33. The molecule has 0 bridgehead atoms. The van der Waals surface area contributed by atoms with Gasteiger partial charge in [0.25, 0.3) is 0 Å². The predicted molar refractivity (Wildman–Crippen MR) is 146 cm³/mol. The Hall–Kier alpha value is -2.79. The van der Waals surface area contributed by atoms with Gasteiger partial charge < -0.3 is 19.7 Å². The molecule has 3 rings (SSSR count). The Morgan fingerprint density at radius 1 is 1.05 bits per heavy atom. The minimum Gasteiger partial charge on any atom is -0.486 e. The summed E-state index contributed by atoms with van der Waals surface area (Å²) in [6.45, 7) is 6.16. The molecule has 1 atom stereocenters. The van der Waals surface area contributed by atoms with Gasteiger partial charge in [-0.25, -0.2) is 8.42 Å². The van der Waals surface area contributed by atoms with Gasteiger partial charge in [-0.05, 0) is 50.1 Å². The molecule has 0 saturated heterocycles. The Kier molecular flexibility index (Phi) is 10.2. The standard InChI is InChI=1S/C26H34BrN3O6S/c1-4-6-13-28-26(32)19(3)29(17-20-7-9-21(27)10-8-20)25(31)18-30(37(33,34)5-2)22-11-12-23-24(16-22)36-15-14-35-23/h7-12,16,19H,4-6,13-15,17-18H2,1-3H3,(H,28,32). The van der Waals surface area contributed by atoms with Crippen molar-refractivity contribution in [1.82, 2.24) is 10.2 Å². The number of carbonyl (C=O) groups excluding carboxylic acids is 2. The molecule has 2 aromatic carbocycles. The minimum absolute atomic E-state index is 0.148. The average molecular weight is 597 g/mol. The van der Waals surface area contributed by atoms with Crippen LogP contribution in [0.5, 0.6) is 11.5 Å². The maximum atomic E-state index is 13.7. The number of nitrogens with one attached hydrogen (secondary N) is 1. The highest BCUT2D eigenvalue weighted by Gasteiger charge is 2.31. The number of amides is 2. The van der Waals surface area contributed by atoms with Gasteiger partial charge in [0.2, 0.25) is 21.8 Å². The minimum atomic E-state index is -3.83. The van der Waals surface area contributed by atoms with E-state index < -0.39 is 28.5 Å². The van der Waals surface area contributed by atoms with E-state index in [1.54, 1.807) is 25.1 Å². The van der Waals surface area contributed by atoms with Gasteiger partial charge in [0.15, 0.2) is 11.5 Å². The number of halogens is 1. The van der Waals surface area contributed by atoms with Gasteiger partial charge in [-0.3, -0.25) is 13.9 Å². The van der Waals surface area contributed by atoms with E-state index in [0.717, 1.165) is 27.2 Å². The lowest BCUT2D eigenvalue weighted by Crippen LogP contribution is -2.51. The van der Waals surface area contributed by atoms with E-state index >= 15 is 0 Å². The first kappa shape index (κ1) is 28.8. The molecule has 1 aliphatic heterocycles. The summed E-state index contributed by atoms with van der Waals surface area (Å²) in [6, 6.07) is 11.4. The van der Waals surface area contributed by atoms with Gasteiger partial charge in [0, 0.05) is 23.6 Å². The second kappa shape index (κ2) is 13.1. The molecular weight excluding hydrogens is 562 g/mol. The number of sulfonamides is 1. The smallest absolute Gasteiger partial charge is 0.244 e. The molecule has 0 aliphatic carbocycles. The lowest BCUT2D eigenvalue weighted by Gasteiger charge is -2.32. The van der Waals surface area contributed by atoms with Crippen molar-refractivity contribution in [3.63, 3.8) is 0 Å². The van der Waals surface area contributed by atoms with Crippen LogP contribution >= 0.6 is 15.9 Å². The molecule has 37 heavy (non-hydrogen) atoms. The second-order valence-electron chi connectivity index (χ2n) is 8.70. The summed E-state index contributed by atoms with van der Waals surface area (Å²) < 4.78 is 39.3. The summed E-state index contributed by atoms with van der Waals surface area (Å²) in [7, 11) is -3.83. The van der Waals surface area contributed by atoms with E-state index in [2.05, 4.69) is 21.2 Å². The number of carbonyl (C=O) groups is 2. The van der Waals surface area contributed by atoms with Crippen molar-refractivity contribution in [2.24, 2.45) is 0 Å². The van der Waals surface area contributed by atoms with Gasteiger partial charge in [0.1, 0.15) is 25.8 Å². The van der Waals surface area contributed by atoms with Crippen molar-refractivity contribution < 1.29 is 27.5 Å². The first-order valence-electron chi connectivity index (χ1n) is 12.4. The molecule has 0 radical (unpaired) electrons. The summed E-state index contributed by atoms with van der Waals surface area (Å²) in [5.74, 6) is -0.0440. The molecule has 9 nitrogen and oxygen atoms in total. The molecular formula is C26H34BrN3O6S. The van der Waals surface area contributed by atoms with E-state index in [4.69, 9.17) is 9.47 Å². The van der Waals surface area contributed by atoms with Crippen molar-refractivity contribution >= 4 is 43.5 Å². The van der Waals surface area contributed by atoms with Crippen LogP contribution in [0.3, 0.4) is 0 Å². The maximum Gasteiger partial charge on any atom is 0.244 e. The fourth-order valence-corrected chi connectivity index (χ4v) is 5.13. The van der Waals surface area contributed by atoms with Crippen molar-refractivity contribution in [3.8, 4) is 11.5 Å². The van der Waals surface area contributed by atoms with E-state index in [9.17, 15) is 18.0 Å². The number of hydrogen-bond acceptors (Lipinski definition) is 6. The number of hydrogen-bond donors (Lipinski definition) is 1. The Balaban J connectivity index is 1.91. The number of unbranched alkanes of at least 4 members (excludes halogenated alkanes) is 1. The first-order chi connectivity index (χ1) is 17.7. The maximum absolute atomic E-state index is 13.7. The monoisotopic (exact) mass is 595 g/mol. The summed E-state index contributed by atoms with van der Waals surface area (Å²) in [5.41, 5.74) is 1.11. The van der Waals surface area contributed by atoms with E-state index in [1.807, 2.05) is 31.2 Å². The molecule has 202 valence electrons. The third-order valence-electron chi connectivity index (χ3n) is 6.06. The summed E-state index contributed by atoms with van der Waals surface area (Å²) in [4.78, 5) is 28.0. The predicted octanol–water partition coefficient (Wildman–Crippen LogP) is 3.71. The molecule has 0 spiro atoms. The first-order valence-corrected chi connectivity index (χ1v) is 14.8. The van der Waals surface area contributed by atoms with Crippen LogP contribution in [0.1, 0.15) is 39.2 Å². The molecule has 0 saturated carbocycles. The Morgan fingerprint density at radius 2 is 1.73 bits per heavy atom. The van der Waals surface area contributed by atoms with Crippen LogP contribution in [0.4, 0.5) is 5.69 Å². The zero-order chi connectivity index (χ0) is 27.0. The summed E-state index contributed by atoms with van der Waals surface area (Å²) >= 11 is 3.41. The Morgan fingerprint density at radius 3 is 2.38 bits per heavy atom. The van der Waals surface area contributed by atoms with Crippen LogP contribution in [-0.4, -0.2) is 63.2 Å². The number of fused-ring (bicyclic) bond motifs is 1. The lowest BCUT2D eigenvalue weighted by molar-refractivity contribution is -0.139. The fourth-order valence-electron chi connectivity index (χ4n) is 3.81. The molecule has 0 fully saturated rings. The van der Waals surface area contributed by atoms with Crippen LogP contribution in [0, 0.1) is 0 Å². The summed E-state index contributed by atoms with van der Waals surface area (Å²) in [5, 5.41) is 2.87. The highest BCUT2D eigenvalue weighted by atomic mass is 79.9. The van der Waals surface area contributed by atoms with Gasteiger partial charge in [0.05, 0.1) is 11.4 Å². The highest BCUT2D eigenvalue weighted by Crippen LogP contribution is 2.35.